The standard InChI is InChI=1S/C14H12N4O/c15-18-14-9-10(6-8-17-14)19-13-5-1-4-12-11(13)3-2-7-16-12/h1-9H,15H2,(H,17,18). The molecule has 0 aliphatic rings. The molecule has 0 aliphatic carbocycles. The fourth-order valence-electron chi connectivity index (χ4n) is 1.84. The lowest BCUT2D eigenvalue weighted by Crippen LogP contribution is -2.08. The van der Waals surface area contributed by atoms with E-state index >= 15 is 0 Å². The zero-order chi connectivity index (χ0) is 13.1. The number of benzene rings is 1. The number of pyridine rings is 2. The molecule has 3 aromatic rings. The third kappa shape index (κ3) is 2.31. The maximum absolute atomic E-state index is 5.86. The minimum Gasteiger partial charge on any atom is -0.456 e. The van der Waals surface area contributed by atoms with Crippen LogP contribution in [0.15, 0.2) is 54.9 Å². The molecule has 94 valence electrons. The molecular weight excluding hydrogens is 240 g/mol. The van der Waals surface area contributed by atoms with Gasteiger partial charge in [-0.15, -0.1) is 0 Å². The van der Waals surface area contributed by atoms with Gasteiger partial charge in [0, 0.05) is 23.8 Å². The zero-order valence-corrected chi connectivity index (χ0v) is 10.1. The summed E-state index contributed by atoms with van der Waals surface area (Å²) in [4.78, 5) is 8.33. The average Bonchev–Trinajstić information content (AvgIpc) is 2.48. The van der Waals surface area contributed by atoms with Gasteiger partial charge in [0.1, 0.15) is 17.3 Å². The van der Waals surface area contributed by atoms with Gasteiger partial charge in [-0.2, -0.15) is 0 Å². The SMILES string of the molecule is NNc1cc(Oc2cccc3ncccc23)ccn1. The molecule has 3 rings (SSSR count). The predicted octanol–water partition coefficient (Wildman–Crippen LogP) is 2.71. The van der Waals surface area contributed by atoms with E-state index in [0.717, 1.165) is 16.7 Å². The van der Waals surface area contributed by atoms with Crippen LogP contribution in [-0.2, 0) is 0 Å². The van der Waals surface area contributed by atoms with Gasteiger partial charge in [0.15, 0.2) is 0 Å². The van der Waals surface area contributed by atoms with E-state index in [0.29, 0.717) is 11.6 Å². The Morgan fingerprint density at radius 1 is 1.00 bits per heavy atom. The molecule has 0 aliphatic heterocycles. The molecule has 0 amide bonds. The summed E-state index contributed by atoms with van der Waals surface area (Å²) in [5, 5.41) is 0.962. The third-order valence-corrected chi connectivity index (χ3v) is 2.71. The maximum atomic E-state index is 5.86. The maximum Gasteiger partial charge on any atom is 0.143 e. The molecule has 0 fully saturated rings. The average molecular weight is 252 g/mol. The first-order valence-corrected chi connectivity index (χ1v) is 5.81. The Balaban J connectivity index is 2.01. The van der Waals surface area contributed by atoms with Crippen LogP contribution in [0.1, 0.15) is 0 Å². The number of ether oxygens (including phenoxy) is 1. The van der Waals surface area contributed by atoms with Gasteiger partial charge in [-0.25, -0.2) is 10.8 Å². The first-order chi connectivity index (χ1) is 9.36. The summed E-state index contributed by atoms with van der Waals surface area (Å²) in [6.45, 7) is 0. The van der Waals surface area contributed by atoms with Crippen molar-refractivity contribution in [3.63, 3.8) is 0 Å². The van der Waals surface area contributed by atoms with Gasteiger partial charge in [0.05, 0.1) is 5.52 Å². The second-order valence-electron chi connectivity index (χ2n) is 3.95. The first kappa shape index (κ1) is 11.4. The Kier molecular flexibility index (Phi) is 2.96. The van der Waals surface area contributed by atoms with E-state index in [1.54, 1.807) is 24.5 Å². The van der Waals surface area contributed by atoms with Crippen LogP contribution in [-0.4, -0.2) is 9.97 Å². The van der Waals surface area contributed by atoms with Crippen molar-refractivity contribution in [3.05, 3.63) is 54.9 Å². The van der Waals surface area contributed by atoms with E-state index in [2.05, 4.69) is 15.4 Å². The van der Waals surface area contributed by atoms with Crippen LogP contribution in [0.5, 0.6) is 11.5 Å². The van der Waals surface area contributed by atoms with Crippen molar-refractivity contribution < 1.29 is 4.74 Å². The quantitative estimate of drug-likeness (QED) is 0.554. The van der Waals surface area contributed by atoms with Crippen LogP contribution in [0.2, 0.25) is 0 Å². The summed E-state index contributed by atoms with van der Waals surface area (Å²) >= 11 is 0. The number of aromatic nitrogens is 2. The van der Waals surface area contributed by atoms with Gasteiger partial charge in [0.2, 0.25) is 0 Å². The third-order valence-electron chi connectivity index (χ3n) is 2.71. The van der Waals surface area contributed by atoms with E-state index in [1.807, 2.05) is 30.3 Å². The lowest BCUT2D eigenvalue weighted by molar-refractivity contribution is 0.488. The number of anilines is 1. The molecule has 3 N–H and O–H groups in total. The van der Waals surface area contributed by atoms with Crippen molar-refractivity contribution >= 4 is 16.7 Å². The molecule has 19 heavy (non-hydrogen) atoms. The van der Waals surface area contributed by atoms with Gasteiger partial charge < -0.3 is 10.2 Å². The monoisotopic (exact) mass is 252 g/mol. The van der Waals surface area contributed by atoms with Crippen LogP contribution in [0.3, 0.4) is 0 Å². The largest absolute Gasteiger partial charge is 0.456 e. The Labute approximate surface area is 110 Å². The summed E-state index contributed by atoms with van der Waals surface area (Å²) in [6, 6.07) is 13.1. The molecule has 0 bridgehead atoms. The predicted molar refractivity (Wildman–Crippen MR) is 73.9 cm³/mol. The van der Waals surface area contributed by atoms with Crippen molar-refractivity contribution in [1.82, 2.24) is 9.97 Å². The van der Waals surface area contributed by atoms with E-state index in [9.17, 15) is 0 Å². The lowest BCUT2D eigenvalue weighted by Gasteiger charge is -2.09. The zero-order valence-electron chi connectivity index (χ0n) is 10.1. The molecule has 0 spiro atoms. The molecule has 2 aromatic heterocycles. The molecule has 2 heterocycles. The Morgan fingerprint density at radius 3 is 2.84 bits per heavy atom. The number of rotatable bonds is 3. The summed E-state index contributed by atoms with van der Waals surface area (Å²) in [5.74, 6) is 7.29. The summed E-state index contributed by atoms with van der Waals surface area (Å²) in [5.41, 5.74) is 3.38. The molecule has 5 heteroatoms. The molecule has 1 aromatic carbocycles. The van der Waals surface area contributed by atoms with Gasteiger partial charge in [0.25, 0.3) is 0 Å². The summed E-state index contributed by atoms with van der Waals surface area (Å²) in [7, 11) is 0. The summed E-state index contributed by atoms with van der Waals surface area (Å²) < 4.78 is 5.86. The number of nitrogens with two attached hydrogens (primary N) is 1. The van der Waals surface area contributed by atoms with Crippen LogP contribution in [0.4, 0.5) is 5.82 Å². The van der Waals surface area contributed by atoms with E-state index in [-0.39, 0.29) is 0 Å². The highest BCUT2D eigenvalue weighted by Crippen LogP contribution is 2.29. The summed E-state index contributed by atoms with van der Waals surface area (Å²) in [6.07, 6.45) is 3.39. The molecule has 0 saturated heterocycles. The van der Waals surface area contributed by atoms with Crippen molar-refractivity contribution in [2.45, 2.75) is 0 Å². The minimum absolute atomic E-state index is 0.552. The second kappa shape index (κ2) is 4.91. The van der Waals surface area contributed by atoms with Crippen LogP contribution >= 0.6 is 0 Å². The Bertz CT molecular complexity index is 709. The van der Waals surface area contributed by atoms with Gasteiger partial charge in [-0.1, -0.05) is 6.07 Å². The molecule has 0 atom stereocenters. The van der Waals surface area contributed by atoms with Crippen molar-refractivity contribution in [3.8, 4) is 11.5 Å². The Morgan fingerprint density at radius 2 is 1.95 bits per heavy atom. The van der Waals surface area contributed by atoms with Crippen LogP contribution < -0.4 is 16.0 Å². The number of fused-ring (bicyclic) bond motifs is 1. The molecule has 5 nitrogen and oxygen atoms in total. The van der Waals surface area contributed by atoms with Gasteiger partial charge in [-0.3, -0.25) is 4.98 Å². The Hall–Kier alpha value is -2.66. The normalized spacial score (nSPS) is 10.4. The number of nitrogen functional groups attached to an aromatic ring is 1. The first-order valence-electron chi connectivity index (χ1n) is 5.81. The lowest BCUT2D eigenvalue weighted by atomic mass is 10.2. The highest BCUT2D eigenvalue weighted by Gasteiger charge is 2.04. The van der Waals surface area contributed by atoms with E-state index < -0.39 is 0 Å². The molecule has 0 unspecified atom stereocenters. The second-order valence-corrected chi connectivity index (χ2v) is 3.95. The number of hydrazine groups is 1. The smallest absolute Gasteiger partial charge is 0.143 e. The fraction of sp³-hybridized carbons (Fsp3) is 0. The van der Waals surface area contributed by atoms with Crippen LogP contribution in [0.25, 0.3) is 10.9 Å². The number of hydrogen-bond acceptors (Lipinski definition) is 5. The van der Waals surface area contributed by atoms with Gasteiger partial charge >= 0.3 is 0 Å². The molecular formula is C14H12N4O. The highest BCUT2D eigenvalue weighted by molar-refractivity contribution is 5.85. The van der Waals surface area contributed by atoms with Gasteiger partial charge in [-0.05, 0) is 30.3 Å². The van der Waals surface area contributed by atoms with E-state index in [1.165, 1.54) is 0 Å². The highest BCUT2D eigenvalue weighted by atomic mass is 16.5. The molecule has 0 radical (unpaired) electrons. The minimum atomic E-state index is 0.552. The fourth-order valence-corrected chi connectivity index (χ4v) is 1.84. The number of hydrogen-bond donors (Lipinski definition) is 2. The topological polar surface area (TPSA) is 73.1 Å². The van der Waals surface area contributed by atoms with Crippen molar-refractivity contribution in [2.24, 2.45) is 5.84 Å². The number of nitrogens with one attached hydrogen (secondary N) is 1. The number of nitrogens with zero attached hydrogens (tertiary/aromatic N) is 2. The molecule has 0 saturated carbocycles. The van der Waals surface area contributed by atoms with Crippen LogP contribution in [0, 0.1) is 0 Å². The van der Waals surface area contributed by atoms with Crippen molar-refractivity contribution in [1.29, 1.82) is 0 Å². The van der Waals surface area contributed by atoms with E-state index in [4.69, 9.17) is 10.6 Å². The van der Waals surface area contributed by atoms with Crippen molar-refractivity contribution in [2.75, 3.05) is 5.43 Å².